The Morgan fingerprint density at radius 1 is 1.39 bits per heavy atom. The molecule has 0 aliphatic rings. The fraction of sp³-hybridized carbons (Fsp3) is 0.533. The summed E-state index contributed by atoms with van der Waals surface area (Å²) >= 11 is 0. The van der Waals surface area contributed by atoms with Crippen LogP contribution >= 0.6 is 0 Å². The van der Waals surface area contributed by atoms with Crippen molar-refractivity contribution in [2.75, 3.05) is 7.11 Å². The lowest BCUT2D eigenvalue weighted by Crippen LogP contribution is -2.24. The maximum Gasteiger partial charge on any atom is 0.309 e. The topological polar surface area (TPSA) is 46.5 Å². The van der Waals surface area contributed by atoms with Crippen LogP contribution in [0.3, 0.4) is 0 Å². The number of benzene rings is 1. The number of hydrogen-bond acceptors (Lipinski definition) is 2. The van der Waals surface area contributed by atoms with E-state index in [4.69, 9.17) is 9.84 Å². The van der Waals surface area contributed by atoms with E-state index in [0.717, 1.165) is 18.6 Å². The number of carboxylic acids is 1. The molecule has 0 saturated heterocycles. The zero-order valence-electron chi connectivity index (χ0n) is 11.6. The van der Waals surface area contributed by atoms with E-state index in [1.165, 1.54) is 11.1 Å². The predicted octanol–water partition coefficient (Wildman–Crippen LogP) is 3.30. The number of carboxylic acid groups (broad SMARTS) is 1. The van der Waals surface area contributed by atoms with Gasteiger partial charge in [0.2, 0.25) is 0 Å². The van der Waals surface area contributed by atoms with E-state index in [9.17, 15) is 4.79 Å². The van der Waals surface area contributed by atoms with Crippen LogP contribution in [0.4, 0.5) is 0 Å². The predicted molar refractivity (Wildman–Crippen MR) is 72.1 cm³/mol. The van der Waals surface area contributed by atoms with E-state index < -0.39 is 11.4 Å². The van der Waals surface area contributed by atoms with Crippen LogP contribution in [0.1, 0.15) is 38.3 Å². The molecule has 0 radical (unpaired) electrons. The van der Waals surface area contributed by atoms with Crippen molar-refractivity contribution < 1.29 is 14.6 Å². The minimum absolute atomic E-state index is 0.637. The molecular weight excluding hydrogens is 228 g/mol. The summed E-state index contributed by atoms with van der Waals surface area (Å²) in [5, 5.41) is 9.08. The zero-order valence-corrected chi connectivity index (χ0v) is 11.6. The van der Waals surface area contributed by atoms with Crippen LogP contribution in [0.15, 0.2) is 18.2 Å². The maximum absolute atomic E-state index is 11.0. The van der Waals surface area contributed by atoms with Crippen LogP contribution < -0.4 is 4.74 Å². The molecule has 3 nitrogen and oxygen atoms in total. The number of carbonyl (C=O) groups is 1. The minimum Gasteiger partial charge on any atom is -0.496 e. The second kappa shape index (κ2) is 5.89. The lowest BCUT2D eigenvalue weighted by atomic mass is 9.86. The van der Waals surface area contributed by atoms with Crippen molar-refractivity contribution in [2.24, 2.45) is 5.41 Å². The average Bonchev–Trinajstić information content (AvgIpc) is 2.35. The standard InChI is InChI=1S/C15H22O3/c1-5-12-10-11(6-7-13(12)18-4)8-9-15(2,3)14(16)17/h6-7,10H,5,8-9H2,1-4H3,(H,16,17). The highest BCUT2D eigenvalue weighted by molar-refractivity contribution is 5.73. The lowest BCUT2D eigenvalue weighted by Gasteiger charge is -2.19. The molecule has 0 unspecified atom stereocenters. The Morgan fingerprint density at radius 3 is 2.56 bits per heavy atom. The zero-order chi connectivity index (χ0) is 13.8. The normalized spacial score (nSPS) is 11.3. The number of ether oxygens (including phenoxy) is 1. The molecule has 0 bridgehead atoms. The van der Waals surface area contributed by atoms with Crippen LogP contribution in [-0.4, -0.2) is 18.2 Å². The van der Waals surface area contributed by atoms with Crippen molar-refractivity contribution in [2.45, 2.75) is 40.0 Å². The van der Waals surface area contributed by atoms with Crippen molar-refractivity contribution in [3.05, 3.63) is 29.3 Å². The molecule has 0 fully saturated rings. The largest absolute Gasteiger partial charge is 0.496 e. The maximum atomic E-state index is 11.0. The average molecular weight is 250 g/mol. The van der Waals surface area contributed by atoms with Crippen molar-refractivity contribution in [1.82, 2.24) is 0 Å². The molecule has 18 heavy (non-hydrogen) atoms. The van der Waals surface area contributed by atoms with E-state index in [1.807, 2.05) is 12.1 Å². The third-order valence-corrected chi connectivity index (χ3v) is 3.34. The summed E-state index contributed by atoms with van der Waals surface area (Å²) in [6, 6.07) is 6.08. The van der Waals surface area contributed by atoms with Crippen LogP contribution in [0.5, 0.6) is 5.75 Å². The van der Waals surface area contributed by atoms with Gasteiger partial charge in [-0.15, -0.1) is 0 Å². The summed E-state index contributed by atoms with van der Waals surface area (Å²) in [7, 11) is 1.67. The van der Waals surface area contributed by atoms with Gasteiger partial charge in [0.25, 0.3) is 0 Å². The van der Waals surface area contributed by atoms with Gasteiger partial charge in [0.1, 0.15) is 5.75 Å². The van der Waals surface area contributed by atoms with Crippen LogP contribution in [0, 0.1) is 5.41 Å². The summed E-state index contributed by atoms with van der Waals surface area (Å²) in [6.45, 7) is 5.61. The SMILES string of the molecule is CCc1cc(CCC(C)(C)C(=O)O)ccc1OC. The summed E-state index contributed by atoms with van der Waals surface area (Å²) in [6.07, 6.45) is 2.33. The Morgan fingerprint density at radius 2 is 2.06 bits per heavy atom. The van der Waals surface area contributed by atoms with Crippen molar-refractivity contribution in [3.63, 3.8) is 0 Å². The molecule has 0 amide bonds. The van der Waals surface area contributed by atoms with Gasteiger partial charge in [0.15, 0.2) is 0 Å². The monoisotopic (exact) mass is 250 g/mol. The third kappa shape index (κ3) is 3.49. The van der Waals surface area contributed by atoms with Gasteiger partial charge in [0, 0.05) is 0 Å². The quantitative estimate of drug-likeness (QED) is 0.842. The van der Waals surface area contributed by atoms with E-state index in [0.29, 0.717) is 6.42 Å². The van der Waals surface area contributed by atoms with Gasteiger partial charge in [-0.25, -0.2) is 0 Å². The smallest absolute Gasteiger partial charge is 0.309 e. The second-order valence-corrected chi connectivity index (χ2v) is 5.19. The Bertz CT molecular complexity index is 422. The molecule has 0 spiro atoms. The Labute approximate surface area is 109 Å². The van der Waals surface area contributed by atoms with Gasteiger partial charge in [-0.2, -0.15) is 0 Å². The molecule has 1 aromatic rings. The second-order valence-electron chi connectivity index (χ2n) is 5.19. The van der Waals surface area contributed by atoms with Gasteiger partial charge >= 0.3 is 5.97 Å². The summed E-state index contributed by atoms with van der Waals surface area (Å²) in [4.78, 5) is 11.0. The number of aliphatic carboxylic acids is 1. The molecule has 0 heterocycles. The molecule has 0 aliphatic carbocycles. The molecule has 0 atom stereocenters. The van der Waals surface area contributed by atoms with Gasteiger partial charge in [-0.05, 0) is 50.3 Å². The molecule has 1 N–H and O–H groups in total. The van der Waals surface area contributed by atoms with Gasteiger partial charge < -0.3 is 9.84 Å². The summed E-state index contributed by atoms with van der Waals surface area (Å²) < 4.78 is 5.28. The Hall–Kier alpha value is -1.51. The van der Waals surface area contributed by atoms with E-state index in [2.05, 4.69) is 13.0 Å². The number of aryl methyl sites for hydroxylation is 2. The van der Waals surface area contributed by atoms with E-state index in [1.54, 1.807) is 21.0 Å². The Balaban J connectivity index is 2.77. The molecule has 0 aromatic heterocycles. The minimum atomic E-state index is -0.744. The van der Waals surface area contributed by atoms with E-state index >= 15 is 0 Å². The molecule has 100 valence electrons. The van der Waals surface area contributed by atoms with E-state index in [-0.39, 0.29) is 0 Å². The molecule has 1 rings (SSSR count). The van der Waals surface area contributed by atoms with Crippen LogP contribution in [0.25, 0.3) is 0 Å². The summed E-state index contributed by atoms with van der Waals surface area (Å²) in [5.41, 5.74) is 1.66. The molecule has 1 aromatic carbocycles. The number of rotatable bonds is 6. The van der Waals surface area contributed by atoms with Gasteiger partial charge in [-0.1, -0.05) is 19.1 Å². The highest BCUT2D eigenvalue weighted by Crippen LogP contribution is 2.26. The molecule has 3 heteroatoms. The fourth-order valence-electron chi connectivity index (χ4n) is 1.83. The lowest BCUT2D eigenvalue weighted by molar-refractivity contribution is -0.147. The third-order valence-electron chi connectivity index (χ3n) is 3.34. The molecule has 0 aliphatic heterocycles. The van der Waals surface area contributed by atoms with Crippen molar-refractivity contribution in [3.8, 4) is 5.75 Å². The fourth-order valence-corrected chi connectivity index (χ4v) is 1.83. The van der Waals surface area contributed by atoms with Crippen LogP contribution in [-0.2, 0) is 17.6 Å². The van der Waals surface area contributed by atoms with Crippen molar-refractivity contribution >= 4 is 5.97 Å². The number of methoxy groups -OCH3 is 1. The summed E-state index contributed by atoms with van der Waals surface area (Å²) in [5.74, 6) is 0.158. The Kier molecular flexibility index (Phi) is 4.76. The molecular formula is C15H22O3. The molecule has 0 saturated carbocycles. The first-order valence-electron chi connectivity index (χ1n) is 6.30. The van der Waals surface area contributed by atoms with Crippen LogP contribution in [0.2, 0.25) is 0 Å². The number of hydrogen-bond donors (Lipinski definition) is 1. The first-order chi connectivity index (χ1) is 8.40. The van der Waals surface area contributed by atoms with Gasteiger partial charge in [-0.3, -0.25) is 4.79 Å². The first kappa shape index (κ1) is 14.6. The van der Waals surface area contributed by atoms with Gasteiger partial charge in [0.05, 0.1) is 12.5 Å². The highest BCUT2D eigenvalue weighted by Gasteiger charge is 2.26. The highest BCUT2D eigenvalue weighted by atomic mass is 16.5. The first-order valence-corrected chi connectivity index (χ1v) is 6.30. The van der Waals surface area contributed by atoms with Crippen molar-refractivity contribution in [1.29, 1.82) is 0 Å².